The van der Waals surface area contributed by atoms with Crippen LogP contribution in [0, 0.1) is 13.8 Å². The van der Waals surface area contributed by atoms with Crippen LogP contribution >= 0.6 is 11.8 Å². The summed E-state index contributed by atoms with van der Waals surface area (Å²) in [5.74, 6) is 0.961. The number of aliphatic imine (C=N–C) groups is 1. The average molecular weight is 477 g/mol. The van der Waals surface area contributed by atoms with Gasteiger partial charge >= 0.3 is 0 Å². The molecule has 4 nitrogen and oxygen atoms in total. The minimum atomic E-state index is 0.322. The molecule has 182 valence electrons. The molecule has 0 aliphatic rings. The summed E-state index contributed by atoms with van der Waals surface area (Å²) in [6.07, 6.45) is 12.9. The van der Waals surface area contributed by atoms with E-state index in [0.29, 0.717) is 6.04 Å². The molecule has 0 fully saturated rings. The first-order valence-corrected chi connectivity index (χ1v) is 13.1. The molecule has 0 saturated carbocycles. The van der Waals surface area contributed by atoms with Gasteiger partial charge in [-0.05, 0) is 69.4 Å². The standard InChI is InChI=1S/C29H40N4S/c1-9-13-27(14-10-2)33(24(8)34-23(7)18-26(11-3)31-12-4)29-22(6)15-16-28(32-29)25-17-21(5)19-30-20-25/h12,15-20,27H,7-11,13-14H2,1-6H3/b26-18-,31-12?. The van der Waals surface area contributed by atoms with Gasteiger partial charge in [0.15, 0.2) is 0 Å². The lowest BCUT2D eigenvalue weighted by Crippen LogP contribution is -2.34. The molecule has 5 heteroatoms. The third-order valence-corrected chi connectivity index (χ3v) is 6.39. The zero-order valence-electron chi connectivity index (χ0n) is 21.8. The molecular weight excluding hydrogens is 436 g/mol. The van der Waals surface area contributed by atoms with E-state index in [0.717, 1.165) is 75.9 Å². The lowest BCUT2D eigenvalue weighted by atomic mass is 10.0. The topological polar surface area (TPSA) is 41.4 Å². The first-order chi connectivity index (χ1) is 16.3. The van der Waals surface area contributed by atoms with E-state index in [4.69, 9.17) is 4.98 Å². The van der Waals surface area contributed by atoms with E-state index in [2.05, 4.69) is 86.9 Å². The van der Waals surface area contributed by atoms with E-state index >= 15 is 0 Å². The number of anilines is 1. The maximum atomic E-state index is 5.15. The number of thioether (sulfide) groups is 1. The number of aryl methyl sites for hydroxylation is 2. The quantitative estimate of drug-likeness (QED) is 0.214. The molecule has 0 N–H and O–H groups in total. The van der Waals surface area contributed by atoms with Gasteiger partial charge < -0.3 is 4.90 Å². The largest absolute Gasteiger partial charge is 0.318 e. The lowest BCUT2D eigenvalue weighted by molar-refractivity contribution is 0.533. The minimum absolute atomic E-state index is 0.322. The first kappa shape index (κ1) is 27.6. The van der Waals surface area contributed by atoms with Gasteiger partial charge in [0.05, 0.1) is 10.7 Å². The Kier molecular flexibility index (Phi) is 11.3. The summed E-state index contributed by atoms with van der Waals surface area (Å²) in [4.78, 5) is 17.2. The lowest BCUT2D eigenvalue weighted by Gasteiger charge is -2.35. The fraction of sp³-hybridized carbons (Fsp3) is 0.414. The van der Waals surface area contributed by atoms with Gasteiger partial charge in [0.25, 0.3) is 0 Å². The number of hydrogen-bond donors (Lipinski definition) is 0. The van der Waals surface area contributed by atoms with Gasteiger partial charge in [0.2, 0.25) is 0 Å². The van der Waals surface area contributed by atoms with Crippen LogP contribution in [-0.2, 0) is 0 Å². The van der Waals surface area contributed by atoms with Gasteiger partial charge in [-0.25, -0.2) is 4.98 Å². The molecule has 0 aliphatic heterocycles. The van der Waals surface area contributed by atoms with Crippen molar-refractivity contribution in [2.45, 2.75) is 79.7 Å². The molecule has 0 bridgehead atoms. The van der Waals surface area contributed by atoms with Gasteiger partial charge in [-0.15, -0.1) is 0 Å². The van der Waals surface area contributed by atoms with Crippen LogP contribution in [0.1, 0.15) is 70.9 Å². The van der Waals surface area contributed by atoms with E-state index in [9.17, 15) is 0 Å². The Morgan fingerprint density at radius 1 is 1.12 bits per heavy atom. The molecule has 0 unspecified atom stereocenters. The van der Waals surface area contributed by atoms with Crippen molar-refractivity contribution in [1.82, 2.24) is 9.97 Å². The highest BCUT2D eigenvalue weighted by Crippen LogP contribution is 2.37. The minimum Gasteiger partial charge on any atom is -0.318 e. The maximum Gasteiger partial charge on any atom is 0.137 e. The van der Waals surface area contributed by atoms with Crippen molar-refractivity contribution in [3.8, 4) is 11.3 Å². The fourth-order valence-corrected chi connectivity index (χ4v) is 4.83. The normalized spacial score (nSPS) is 11.9. The van der Waals surface area contributed by atoms with Crippen molar-refractivity contribution in [2.75, 3.05) is 4.90 Å². The number of allylic oxidation sites excluding steroid dienone is 2. The number of rotatable bonds is 13. The van der Waals surface area contributed by atoms with Crippen LogP contribution in [0.3, 0.4) is 0 Å². The Labute approximate surface area is 211 Å². The maximum absolute atomic E-state index is 5.15. The molecule has 0 saturated heterocycles. The molecule has 0 radical (unpaired) electrons. The van der Waals surface area contributed by atoms with Gasteiger partial charge in [-0.1, -0.05) is 64.6 Å². The molecule has 0 amide bonds. The van der Waals surface area contributed by atoms with Gasteiger partial charge in [-0.3, -0.25) is 9.98 Å². The SMILES string of the molecule is C=C(/C=C(/CC)N=CC)SC(=C)N(c1nc(-c2cncc(C)c2)ccc1C)C(CCC)CCC. The molecule has 2 aromatic rings. The van der Waals surface area contributed by atoms with Crippen LogP contribution in [0.2, 0.25) is 0 Å². The van der Waals surface area contributed by atoms with Crippen LogP contribution in [-0.4, -0.2) is 22.2 Å². The Bertz CT molecular complexity index is 1030. The van der Waals surface area contributed by atoms with E-state index in [-0.39, 0.29) is 0 Å². The van der Waals surface area contributed by atoms with Gasteiger partial charge in [0, 0.05) is 40.8 Å². The first-order valence-electron chi connectivity index (χ1n) is 12.3. The summed E-state index contributed by atoms with van der Waals surface area (Å²) in [5, 5.41) is 0.944. The molecule has 0 aromatic carbocycles. The number of nitrogens with zero attached hydrogens (tertiary/aromatic N) is 4. The molecule has 2 heterocycles. The van der Waals surface area contributed by atoms with Crippen molar-refractivity contribution in [1.29, 1.82) is 0 Å². The zero-order valence-corrected chi connectivity index (χ0v) is 22.6. The molecular formula is C29H40N4S. The number of pyridine rings is 2. The third-order valence-electron chi connectivity index (χ3n) is 5.58. The third kappa shape index (κ3) is 7.69. The molecule has 2 aromatic heterocycles. The summed E-state index contributed by atoms with van der Waals surface area (Å²) >= 11 is 1.60. The molecule has 34 heavy (non-hydrogen) atoms. The monoisotopic (exact) mass is 476 g/mol. The Balaban J connectivity index is 2.51. The second-order valence-corrected chi connectivity index (χ2v) is 9.73. The van der Waals surface area contributed by atoms with Crippen molar-refractivity contribution in [3.05, 3.63) is 76.6 Å². The fourth-order valence-electron chi connectivity index (χ4n) is 3.99. The summed E-state index contributed by atoms with van der Waals surface area (Å²) in [5.41, 5.74) is 5.23. The Morgan fingerprint density at radius 2 is 1.82 bits per heavy atom. The Hall–Kier alpha value is -2.66. The van der Waals surface area contributed by atoms with E-state index in [1.807, 2.05) is 25.5 Å². The van der Waals surface area contributed by atoms with Gasteiger partial charge in [0.1, 0.15) is 5.82 Å². The van der Waals surface area contributed by atoms with Crippen molar-refractivity contribution in [2.24, 2.45) is 4.99 Å². The van der Waals surface area contributed by atoms with Crippen LogP contribution in [0.25, 0.3) is 11.3 Å². The molecule has 0 spiro atoms. The predicted octanol–water partition coefficient (Wildman–Crippen LogP) is 8.64. The van der Waals surface area contributed by atoms with Crippen molar-refractivity contribution >= 4 is 23.8 Å². The Morgan fingerprint density at radius 3 is 2.41 bits per heavy atom. The average Bonchev–Trinajstić information content (AvgIpc) is 2.80. The van der Waals surface area contributed by atoms with Crippen LogP contribution < -0.4 is 4.90 Å². The van der Waals surface area contributed by atoms with Crippen LogP contribution in [0.4, 0.5) is 5.82 Å². The second kappa shape index (κ2) is 13.9. The molecule has 0 aliphatic carbocycles. The highest BCUT2D eigenvalue weighted by atomic mass is 32.2. The van der Waals surface area contributed by atoms with E-state index in [1.165, 1.54) is 0 Å². The molecule has 0 atom stereocenters. The number of hydrogen-bond acceptors (Lipinski definition) is 5. The van der Waals surface area contributed by atoms with E-state index < -0.39 is 0 Å². The number of aromatic nitrogens is 2. The van der Waals surface area contributed by atoms with Gasteiger partial charge in [-0.2, -0.15) is 0 Å². The predicted molar refractivity (Wildman–Crippen MR) is 151 cm³/mol. The van der Waals surface area contributed by atoms with Crippen LogP contribution in [0.5, 0.6) is 0 Å². The van der Waals surface area contributed by atoms with Crippen molar-refractivity contribution < 1.29 is 0 Å². The van der Waals surface area contributed by atoms with Crippen molar-refractivity contribution in [3.63, 3.8) is 0 Å². The summed E-state index contributed by atoms with van der Waals surface area (Å²) in [6, 6.07) is 6.68. The van der Waals surface area contributed by atoms with Crippen LogP contribution in [0.15, 0.2) is 70.5 Å². The van der Waals surface area contributed by atoms with E-state index in [1.54, 1.807) is 11.8 Å². The summed E-state index contributed by atoms with van der Waals surface area (Å²) < 4.78 is 0. The highest BCUT2D eigenvalue weighted by Gasteiger charge is 2.24. The molecule has 2 rings (SSSR count). The smallest absolute Gasteiger partial charge is 0.137 e. The second-order valence-electron chi connectivity index (χ2n) is 8.53. The summed E-state index contributed by atoms with van der Waals surface area (Å²) in [6.45, 7) is 21.5. The zero-order chi connectivity index (χ0) is 25.1. The summed E-state index contributed by atoms with van der Waals surface area (Å²) in [7, 11) is 0. The highest BCUT2D eigenvalue weighted by molar-refractivity contribution is 8.07.